The third kappa shape index (κ3) is 3.39. The fraction of sp³-hybridized carbons (Fsp3) is 0.0833. The number of carbonyl (C=O) groups excluding carboxylic acids is 1. The molecule has 0 aliphatic rings. The molecule has 13 heavy (non-hydrogen) atoms. The van der Waals surface area contributed by atoms with Gasteiger partial charge in [-0.15, -0.1) is 0 Å². The monoisotopic (exact) mass is 170 g/mol. The molecule has 1 aromatic rings. The zero-order valence-corrected chi connectivity index (χ0v) is 7.45. The maximum Gasteiger partial charge on any atom is 0.228 e. The normalized spacial score (nSPS) is 9.31. The van der Waals surface area contributed by atoms with Gasteiger partial charge in [-0.2, -0.15) is 0 Å². The minimum atomic E-state index is -0.161. The fourth-order valence-electron chi connectivity index (χ4n) is 0.901. The maximum absolute atomic E-state index is 11.0. The molecule has 0 aromatic heterocycles. The molecule has 64 valence electrons. The molecule has 0 spiro atoms. The molecule has 0 N–H and O–H groups in total. The molecule has 0 atom stereocenters. The molecule has 1 heteroatoms. The van der Waals surface area contributed by atoms with Gasteiger partial charge in [0.1, 0.15) is 0 Å². The number of carbonyl (C=O) groups is 1. The third-order valence-corrected chi connectivity index (χ3v) is 1.47. The summed E-state index contributed by atoms with van der Waals surface area (Å²) in [5.41, 5.74) is 1.01. The molecule has 0 radical (unpaired) electrons. The second-order valence-corrected chi connectivity index (χ2v) is 2.48. The van der Waals surface area contributed by atoms with Crippen molar-refractivity contribution < 1.29 is 4.79 Å². The molecular formula is C12H10O. The highest BCUT2D eigenvalue weighted by atomic mass is 16.1. The first kappa shape index (κ1) is 9.28. The average molecular weight is 170 g/mol. The van der Waals surface area contributed by atoms with Gasteiger partial charge in [-0.3, -0.25) is 4.79 Å². The lowest BCUT2D eigenvalue weighted by Crippen LogP contribution is -1.84. The van der Waals surface area contributed by atoms with E-state index in [0.717, 1.165) is 5.56 Å². The van der Waals surface area contributed by atoms with E-state index in [1.807, 2.05) is 30.3 Å². The van der Waals surface area contributed by atoms with Crippen LogP contribution < -0.4 is 0 Å². The van der Waals surface area contributed by atoms with Gasteiger partial charge in [0.2, 0.25) is 5.78 Å². The highest BCUT2D eigenvalue weighted by Crippen LogP contribution is 2.00. The molecule has 1 nitrogen and oxygen atoms in total. The van der Waals surface area contributed by atoms with Gasteiger partial charge in [0.05, 0.1) is 0 Å². The first-order chi connectivity index (χ1) is 6.33. The zero-order chi connectivity index (χ0) is 9.52. The van der Waals surface area contributed by atoms with Gasteiger partial charge >= 0.3 is 0 Å². The first-order valence-corrected chi connectivity index (χ1v) is 4.03. The van der Waals surface area contributed by atoms with Crippen LogP contribution in [0.25, 0.3) is 6.08 Å². The van der Waals surface area contributed by atoms with Crippen molar-refractivity contribution in [2.24, 2.45) is 0 Å². The first-order valence-electron chi connectivity index (χ1n) is 4.03. The molecule has 0 aliphatic heterocycles. The summed E-state index contributed by atoms with van der Waals surface area (Å²) in [6.45, 7) is 1.65. The molecule has 0 fully saturated rings. The lowest BCUT2D eigenvalue weighted by Gasteiger charge is -1.88. The Balaban J connectivity index is 2.68. The number of allylic oxidation sites excluding steroid dienone is 1. The Bertz CT molecular complexity index is 363. The van der Waals surface area contributed by atoms with E-state index in [1.165, 1.54) is 6.08 Å². The largest absolute Gasteiger partial charge is 0.280 e. The molecule has 0 unspecified atom stereocenters. The van der Waals surface area contributed by atoms with Crippen molar-refractivity contribution in [1.82, 2.24) is 0 Å². The highest BCUT2D eigenvalue weighted by molar-refractivity contribution is 6.06. The van der Waals surface area contributed by atoms with Crippen LogP contribution in [-0.2, 0) is 4.79 Å². The summed E-state index contributed by atoms with van der Waals surface area (Å²) < 4.78 is 0. The van der Waals surface area contributed by atoms with Crippen molar-refractivity contribution >= 4 is 11.9 Å². The zero-order valence-electron chi connectivity index (χ0n) is 7.45. The fourth-order valence-corrected chi connectivity index (χ4v) is 0.901. The number of ketones is 1. The van der Waals surface area contributed by atoms with E-state index in [4.69, 9.17) is 0 Å². The summed E-state index contributed by atoms with van der Waals surface area (Å²) in [5.74, 6) is 4.83. The van der Waals surface area contributed by atoms with E-state index in [0.29, 0.717) is 0 Å². The Morgan fingerprint density at radius 3 is 2.62 bits per heavy atom. The van der Waals surface area contributed by atoms with E-state index in [-0.39, 0.29) is 5.78 Å². The average Bonchev–Trinajstić information content (AvgIpc) is 2.17. The summed E-state index contributed by atoms with van der Waals surface area (Å²) in [4.78, 5) is 11.0. The minimum absolute atomic E-state index is 0.161. The van der Waals surface area contributed by atoms with Crippen LogP contribution >= 0.6 is 0 Å². The van der Waals surface area contributed by atoms with E-state index < -0.39 is 0 Å². The highest BCUT2D eigenvalue weighted by Gasteiger charge is 1.87. The molecule has 1 aromatic carbocycles. The number of benzene rings is 1. The quantitative estimate of drug-likeness (QED) is 0.378. The van der Waals surface area contributed by atoms with Gasteiger partial charge in [0, 0.05) is 0 Å². The molecule has 0 amide bonds. The van der Waals surface area contributed by atoms with Crippen LogP contribution in [0, 0.1) is 11.8 Å². The molecule has 0 bridgehead atoms. The Labute approximate surface area is 78.1 Å². The maximum atomic E-state index is 11.0. The SMILES string of the molecule is CC#CC(=O)C=Cc1ccccc1. The van der Waals surface area contributed by atoms with Crippen molar-refractivity contribution in [1.29, 1.82) is 0 Å². The topological polar surface area (TPSA) is 17.1 Å². The molecular weight excluding hydrogens is 160 g/mol. The third-order valence-electron chi connectivity index (χ3n) is 1.47. The van der Waals surface area contributed by atoms with Crippen molar-refractivity contribution in [3.63, 3.8) is 0 Å². The smallest absolute Gasteiger partial charge is 0.228 e. The van der Waals surface area contributed by atoms with Gasteiger partial charge in [-0.25, -0.2) is 0 Å². The van der Waals surface area contributed by atoms with Crippen molar-refractivity contribution in [3.8, 4) is 11.8 Å². The van der Waals surface area contributed by atoms with Crippen LogP contribution in [-0.4, -0.2) is 5.78 Å². The molecule has 0 saturated heterocycles. The standard InChI is InChI=1S/C12H10O/c1-2-6-12(13)10-9-11-7-4-3-5-8-11/h3-5,7-10H,1H3. The minimum Gasteiger partial charge on any atom is -0.280 e. The number of rotatable bonds is 2. The van der Waals surface area contributed by atoms with Gasteiger partial charge in [-0.1, -0.05) is 42.3 Å². The second-order valence-electron chi connectivity index (χ2n) is 2.48. The van der Waals surface area contributed by atoms with E-state index in [9.17, 15) is 4.79 Å². The van der Waals surface area contributed by atoms with Gasteiger partial charge in [0.25, 0.3) is 0 Å². The van der Waals surface area contributed by atoms with E-state index in [1.54, 1.807) is 13.0 Å². The van der Waals surface area contributed by atoms with E-state index in [2.05, 4.69) is 11.8 Å². The molecule has 0 saturated carbocycles. The van der Waals surface area contributed by atoms with Crippen molar-refractivity contribution in [2.45, 2.75) is 6.92 Å². The lowest BCUT2D eigenvalue weighted by molar-refractivity contribution is -0.109. The molecule has 1 rings (SSSR count). The summed E-state index contributed by atoms with van der Waals surface area (Å²) in [5, 5.41) is 0. The summed E-state index contributed by atoms with van der Waals surface area (Å²) >= 11 is 0. The van der Waals surface area contributed by atoms with Crippen LogP contribution in [0.4, 0.5) is 0 Å². The molecule has 0 heterocycles. The van der Waals surface area contributed by atoms with Crippen LogP contribution in [0.15, 0.2) is 36.4 Å². The van der Waals surface area contributed by atoms with Gasteiger partial charge in [-0.05, 0) is 24.5 Å². The van der Waals surface area contributed by atoms with Crippen LogP contribution in [0.5, 0.6) is 0 Å². The predicted octanol–water partition coefficient (Wildman–Crippen LogP) is 2.29. The summed E-state index contributed by atoms with van der Waals surface area (Å²) in [6, 6.07) is 9.66. The van der Waals surface area contributed by atoms with Crippen LogP contribution in [0.2, 0.25) is 0 Å². The summed E-state index contributed by atoms with van der Waals surface area (Å²) in [6.07, 6.45) is 3.23. The number of hydrogen-bond donors (Lipinski definition) is 0. The Hall–Kier alpha value is -1.81. The van der Waals surface area contributed by atoms with E-state index >= 15 is 0 Å². The van der Waals surface area contributed by atoms with Crippen LogP contribution in [0.3, 0.4) is 0 Å². The Kier molecular flexibility index (Phi) is 3.53. The van der Waals surface area contributed by atoms with Crippen molar-refractivity contribution in [3.05, 3.63) is 42.0 Å². The summed E-state index contributed by atoms with van der Waals surface area (Å²) in [7, 11) is 0. The second kappa shape index (κ2) is 4.95. The van der Waals surface area contributed by atoms with Crippen LogP contribution in [0.1, 0.15) is 12.5 Å². The molecule has 0 aliphatic carbocycles. The van der Waals surface area contributed by atoms with Gasteiger partial charge in [0.15, 0.2) is 0 Å². The Morgan fingerprint density at radius 2 is 2.00 bits per heavy atom. The van der Waals surface area contributed by atoms with Gasteiger partial charge < -0.3 is 0 Å². The number of hydrogen-bond acceptors (Lipinski definition) is 1. The lowest BCUT2D eigenvalue weighted by atomic mass is 10.2. The Morgan fingerprint density at radius 1 is 1.31 bits per heavy atom. The van der Waals surface area contributed by atoms with Crippen molar-refractivity contribution in [2.75, 3.05) is 0 Å². The predicted molar refractivity (Wildman–Crippen MR) is 53.9 cm³/mol.